The summed E-state index contributed by atoms with van der Waals surface area (Å²) in [5, 5.41) is 13.1. The van der Waals surface area contributed by atoms with E-state index in [9.17, 15) is 9.59 Å². The van der Waals surface area contributed by atoms with Crippen LogP contribution >= 0.6 is 0 Å². The summed E-state index contributed by atoms with van der Waals surface area (Å²) < 4.78 is 6.54. The van der Waals surface area contributed by atoms with Gasteiger partial charge in [-0.25, -0.2) is 4.68 Å². The zero-order valence-corrected chi connectivity index (χ0v) is 12.6. The first-order valence-electron chi connectivity index (χ1n) is 7.02. The van der Waals surface area contributed by atoms with Gasteiger partial charge in [-0.3, -0.25) is 9.59 Å². The van der Waals surface area contributed by atoms with Gasteiger partial charge in [-0.2, -0.15) is 5.10 Å². The van der Waals surface area contributed by atoms with Crippen molar-refractivity contribution in [1.82, 2.24) is 9.78 Å². The Bertz CT molecular complexity index is 737. The summed E-state index contributed by atoms with van der Waals surface area (Å²) in [6, 6.07) is 9.02. The van der Waals surface area contributed by atoms with Gasteiger partial charge in [0, 0.05) is 24.1 Å². The molecule has 1 heterocycles. The van der Waals surface area contributed by atoms with Gasteiger partial charge in [0.15, 0.2) is 0 Å². The monoisotopic (exact) mass is 302 g/mol. The molecule has 2 rings (SSSR count). The topological polar surface area (TPSA) is 81.4 Å². The molecule has 1 aromatic heterocycles. The number of ether oxygens (including phenoxy) is 1. The molecule has 6 heteroatoms. The average Bonchev–Trinajstić information content (AvgIpc) is 2.53. The lowest BCUT2D eigenvalue weighted by molar-refractivity contribution is -0.136. The lowest BCUT2D eigenvalue weighted by Gasteiger charge is -2.09. The van der Waals surface area contributed by atoms with E-state index in [1.807, 2.05) is 31.2 Å². The highest BCUT2D eigenvalue weighted by Gasteiger charge is 2.11. The van der Waals surface area contributed by atoms with Crippen LogP contribution in [0.1, 0.15) is 18.9 Å². The predicted octanol–water partition coefficient (Wildman–Crippen LogP) is 1.96. The fourth-order valence-corrected chi connectivity index (χ4v) is 2.16. The van der Waals surface area contributed by atoms with Crippen molar-refractivity contribution in [3.63, 3.8) is 0 Å². The first kappa shape index (κ1) is 15.8. The maximum atomic E-state index is 12.2. The smallest absolute Gasteiger partial charge is 0.303 e. The molecule has 0 atom stereocenters. The zero-order valence-electron chi connectivity index (χ0n) is 12.6. The van der Waals surface area contributed by atoms with Gasteiger partial charge in [0.2, 0.25) is 0 Å². The maximum Gasteiger partial charge on any atom is 0.303 e. The van der Waals surface area contributed by atoms with E-state index < -0.39 is 5.97 Å². The third-order valence-corrected chi connectivity index (χ3v) is 3.32. The Hall–Kier alpha value is -2.63. The lowest BCUT2D eigenvalue weighted by atomic mass is 10.1. The first-order valence-corrected chi connectivity index (χ1v) is 7.02. The molecule has 0 amide bonds. The Morgan fingerprint density at radius 3 is 2.77 bits per heavy atom. The minimum atomic E-state index is -0.929. The Balaban J connectivity index is 2.48. The van der Waals surface area contributed by atoms with Crippen LogP contribution in [0.4, 0.5) is 0 Å². The van der Waals surface area contributed by atoms with Crippen LogP contribution in [0, 0.1) is 0 Å². The van der Waals surface area contributed by atoms with Crippen LogP contribution in [0.15, 0.2) is 35.1 Å². The molecule has 0 bridgehead atoms. The lowest BCUT2D eigenvalue weighted by Crippen LogP contribution is -2.26. The molecule has 0 unspecified atom stereocenters. The first-order chi connectivity index (χ1) is 10.5. The normalized spacial score (nSPS) is 10.5. The Labute approximate surface area is 128 Å². The van der Waals surface area contributed by atoms with Crippen molar-refractivity contribution < 1.29 is 14.6 Å². The second kappa shape index (κ2) is 6.89. The van der Waals surface area contributed by atoms with Gasteiger partial charge < -0.3 is 9.84 Å². The van der Waals surface area contributed by atoms with Gasteiger partial charge >= 0.3 is 5.97 Å². The number of carboxylic acids is 1. The molecule has 2 aromatic rings. The second-order valence-electron chi connectivity index (χ2n) is 4.80. The van der Waals surface area contributed by atoms with Crippen LogP contribution in [0.5, 0.6) is 5.75 Å². The molecule has 0 spiro atoms. The van der Waals surface area contributed by atoms with Crippen molar-refractivity contribution in [3.8, 4) is 17.0 Å². The number of aliphatic carboxylic acids is 1. The van der Waals surface area contributed by atoms with E-state index in [2.05, 4.69) is 5.10 Å². The molecular formula is C16H18N2O4. The summed E-state index contributed by atoms with van der Waals surface area (Å²) in [5.74, 6) is -0.233. The molecule has 0 radical (unpaired) electrons. The van der Waals surface area contributed by atoms with Crippen molar-refractivity contribution in [2.75, 3.05) is 7.11 Å². The number of benzene rings is 1. The van der Waals surface area contributed by atoms with Gasteiger partial charge in [0.1, 0.15) is 5.75 Å². The number of carboxylic acid groups (broad SMARTS) is 1. The molecule has 1 aromatic carbocycles. The van der Waals surface area contributed by atoms with Gasteiger partial charge in [0.25, 0.3) is 5.56 Å². The van der Waals surface area contributed by atoms with Crippen molar-refractivity contribution in [2.45, 2.75) is 26.3 Å². The molecule has 0 fully saturated rings. The van der Waals surface area contributed by atoms with E-state index in [4.69, 9.17) is 9.84 Å². The van der Waals surface area contributed by atoms with Crippen molar-refractivity contribution >= 4 is 5.97 Å². The number of hydrogen-bond donors (Lipinski definition) is 1. The number of methoxy groups -OCH3 is 1. The van der Waals surface area contributed by atoms with E-state index in [-0.39, 0.29) is 18.4 Å². The van der Waals surface area contributed by atoms with E-state index >= 15 is 0 Å². The van der Waals surface area contributed by atoms with Gasteiger partial charge in [-0.1, -0.05) is 12.1 Å². The van der Waals surface area contributed by atoms with E-state index in [0.717, 1.165) is 5.56 Å². The van der Waals surface area contributed by atoms with Gasteiger partial charge in [-0.15, -0.1) is 0 Å². The zero-order chi connectivity index (χ0) is 16.1. The summed E-state index contributed by atoms with van der Waals surface area (Å²) in [7, 11) is 1.58. The molecule has 1 N–H and O–H groups in total. The summed E-state index contributed by atoms with van der Waals surface area (Å²) >= 11 is 0. The molecule has 22 heavy (non-hydrogen) atoms. The largest absolute Gasteiger partial charge is 0.497 e. The van der Waals surface area contributed by atoms with E-state index in [0.29, 0.717) is 23.6 Å². The summed E-state index contributed by atoms with van der Waals surface area (Å²) in [6.07, 6.45) is 0.105. The number of rotatable bonds is 6. The van der Waals surface area contributed by atoms with Crippen LogP contribution in [0.2, 0.25) is 0 Å². The Kier molecular flexibility index (Phi) is 4.93. The van der Waals surface area contributed by atoms with Crippen LogP contribution in [-0.4, -0.2) is 28.0 Å². The average molecular weight is 302 g/mol. The van der Waals surface area contributed by atoms with Gasteiger partial charge in [-0.05, 0) is 31.5 Å². The number of carbonyl (C=O) groups is 1. The van der Waals surface area contributed by atoms with Crippen LogP contribution in [-0.2, 0) is 17.8 Å². The Morgan fingerprint density at radius 1 is 1.36 bits per heavy atom. The van der Waals surface area contributed by atoms with Crippen LogP contribution in [0.25, 0.3) is 11.3 Å². The molecule has 0 saturated carbocycles. The number of aromatic nitrogens is 2. The fourth-order valence-electron chi connectivity index (χ4n) is 2.16. The van der Waals surface area contributed by atoms with Crippen molar-refractivity contribution in [2.24, 2.45) is 0 Å². The summed E-state index contributed by atoms with van der Waals surface area (Å²) in [6.45, 7) is 2.25. The standard InChI is InChI=1S/C16H18N2O4/c1-3-18-16(21)12(7-8-15(19)20)10-14(17-18)11-5-4-6-13(9-11)22-2/h4-6,9-10H,3,7-8H2,1-2H3,(H,19,20). The highest BCUT2D eigenvalue weighted by atomic mass is 16.5. The highest BCUT2D eigenvalue weighted by Crippen LogP contribution is 2.22. The number of hydrogen-bond acceptors (Lipinski definition) is 4. The van der Waals surface area contributed by atoms with Crippen LogP contribution < -0.4 is 10.3 Å². The molecule has 0 aliphatic rings. The molecule has 0 aliphatic heterocycles. The molecule has 6 nitrogen and oxygen atoms in total. The minimum Gasteiger partial charge on any atom is -0.497 e. The quantitative estimate of drug-likeness (QED) is 0.882. The SMILES string of the molecule is CCn1nc(-c2cccc(OC)c2)cc(CCC(=O)O)c1=O. The highest BCUT2D eigenvalue weighted by molar-refractivity contribution is 5.67. The Morgan fingerprint density at radius 2 is 2.14 bits per heavy atom. The number of nitrogens with zero attached hydrogens (tertiary/aromatic N) is 2. The summed E-state index contributed by atoms with van der Waals surface area (Å²) in [4.78, 5) is 22.9. The maximum absolute atomic E-state index is 12.2. The van der Waals surface area contributed by atoms with Crippen LogP contribution in [0.3, 0.4) is 0 Å². The molecule has 0 saturated heterocycles. The predicted molar refractivity (Wildman–Crippen MR) is 82.1 cm³/mol. The molecule has 0 aliphatic carbocycles. The van der Waals surface area contributed by atoms with Crippen molar-refractivity contribution in [3.05, 3.63) is 46.2 Å². The molecular weight excluding hydrogens is 284 g/mol. The third kappa shape index (κ3) is 3.52. The third-order valence-electron chi connectivity index (χ3n) is 3.32. The van der Waals surface area contributed by atoms with E-state index in [1.165, 1.54) is 4.68 Å². The number of aryl methyl sites for hydroxylation is 2. The molecule has 116 valence electrons. The van der Waals surface area contributed by atoms with E-state index in [1.54, 1.807) is 13.2 Å². The van der Waals surface area contributed by atoms with Crippen molar-refractivity contribution in [1.29, 1.82) is 0 Å². The fraction of sp³-hybridized carbons (Fsp3) is 0.312. The second-order valence-corrected chi connectivity index (χ2v) is 4.80. The minimum absolute atomic E-state index is 0.0828. The summed E-state index contributed by atoms with van der Waals surface area (Å²) in [5.41, 5.74) is 1.66. The van der Waals surface area contributed by atoms with Gasteiger partial charge in [0.05, 0.1) is 12.8 Å².